The number of rotatable bonds is 5. The van der Waals surface area contributed by atoms with Crippen LogP contribution in [0, 0.1) is 10.1 Å². The molecule has 0 radical (unpaired) electrons. The number of hydrogen-bond acceptors (Lipinski definition) is 6. The number of non-ortho nitro benzene ring substituents is 1. The second kappa shape index (κ2) is 7.29. The monoisotopic (exact) mass is 335 g/mol. The Balaban J connectivity index is 2.19. The summed E-state index contributed by atoms with van der Waals surface area (Å²) in [5.41, 5.74) is 0.354. The second-order valence-corrected chi connectivity index (χ2v) is 5.93. The molecule has 1 heterocycles. The minimum atomic E-state index is -0.926. The molecule has 8 heteroatoms. The van der Waals surface area contributed by atoms with E-state index in [1.54, 1.807) is 23.9 Å². The molecule has 1 fully saturated rings. The molecule has 1 aliphatic heterocycles. The van der Waals surface area contributed by atoms with Crippen LogP contribution < -0.4 is 4.90 Å². The molecule has 0 aliphatic carbocycles. The molecule has 1 aromatic rings. The molecule has 1 aromatic carbocycles. The number of carbonyl (C=O) groups is 2. The average Bonchev–Trinajstić information content (AvgIpc) is 3.07. The fourth-order valence-electron chi connectivity index (χ4n) is 2.66. The summed E-state index contributed by atoms with van der Waals surface area (Å²) in [6, 6.07) is 3.98. The third kappa shape index (κ3) is 3.81. The fraction of sp³-hybridized carbons (Fsp3) is 0.500. The van der Waals surface area contributed by atoms with Gasteiger partial charge in [0.2, 0.25) is 0 Å². The molecule has 1 atom stereocenters. The number of nitrogens with zero attached hydrogens (tertiary/aromatic N) is 3. The van der Waals surface area contributed by atoms with Crippen LogP contribution in [0.3, 0.4) is 0 Å². The minimum Gasteiger partial charge on any atom is -0.449 e. The van der Waals surface area contributed by atoms with Gasteiger partial charge in [0.15, 0.2) is 6.10 Å². The summed E-state index contributed by atoms with van der Waals surface area (Å²) in [5.74, 6) is -0.986. The van der Waals surface area contributed by atoms with E-state index in [-0.39, 0.29) is 17.2 Å². The van der Waals surface area contributed by atoms with Crippen molar-refractivity contribution in [3.63, 3.8) is 0 Å². The molecule has 1 aliphatic rings. The number of benzene rings is 1. The SMILES string of the molecule is C[C@@H](OC(=O)c1cc([N+](=O)[O-])ccc1N(C)C)C(=O)N1CCCC1. The van der Waals surface area contributed by atoms with Gasteiger partial charge in [-0.15, -0.1) is 0 Å². The molecule has 24 heavy (non-hydrogen) atoms. The fourth-order valence-corrected chi connectivity index (χ4v) is 2.66. The largest absolute Gasteiger partial charge is 0.449 e. The summed E-state index contributed by atoms with van der Waals surface area (Å²) in [6.45, 7) is 2.85. The van der Waals surface area contributed by atoms with Gasteiger partial charge in [-0.25, -0.2) is 4.79 Å². The zero-order valence-electron chi connectivity index (χ0n) is 14.0. The highest BCUT2D eigenvalue weighted by Crippen LogP contribution is 2.25. The third-order valence-corrected chi connectivity index (χ3v) is 3.94. The van der Waals surface area contributed by atoms with Gasteiger partial charge in [-0.3, -0.25) is 14.9 Å². The highest BCUT2D eigenvalue weighted by atomic mass is 16.6. The predicted molar refractivity (Wildman–Crippen MR) is 88.1 cm³/mol. The normalized spacial score (nSPS) is 15.0. The van der Waals surface area contributed by atoms with E-state index in [0.717, 1.165) is 12.8 Å². The number of anilines is 1. The number of carbonyl (C=O) groups excluding carboxylic acids is 2. The van der Waals surface area contributed by atoms with Crippen molar-refractivity contribution in [3.8, 4) is 0 Å². The van der Waals surface area contributed by atoms with E-state index in [9.17, 15) is 19.7 Å². The Hall–Kier alpha value is -2.64. The number of nitro groups is 1. The quantitative estimate of drug-likeness (QED) is 0.463. The van der Waals surface area contributed by atoms with Crippen LogP contribution in [-0.4, -0.2) is 55.0 Å². The molecule has 8 nitrogen and oxygen atoms in total. The van der Waals surface area contributed by atoms with E-state index in [2.05, 4.69) is 0 Å². The summed E-state index contributed by atoms with van der Waals surface area (Å²) in [7, 11) is 3.44. The molecular formula is C16H21N3O5. The van der Waals surface area contributed by atoms with Crippen molar-refractivity contribution in [2.45, 2.75) is 25.9 Å². The van der Waals surface area contributed by atoms with Gasteiger partial charge in [-0.2, -0.15) is 0 Å². The smallest absolute Gasteiger partial charge is 0.341 e. The lowest BCUT2D eigenvalue weighted by Crippen LogP contribution is -2.38. The van der Waals surface area contributed by atoms with Crippen molar-refractivity contribution in [2.75, 3.05) is 32.1 Å². The van der Waals surface area contributed by atoms with Crippen LogP contribution in [0.5, 0.6) is 0 Å². The molecule has 2 rings (SSSR count). The Labute approximate surface area is 140 Å². The number of nitro benzene ring substituents is 1. The van der Waals surface area contributed by atoms with Crippen molar-refractivity contribution >= 4 is 23.3 Å². The Morgan fingerprint density at radius 1 is 1.29 bits per heavy atom. The molecule has 130 valence electrons. The zero-order valence-corrected chi connectivity index (χ0v) is 14.0. The number of ether oxygens (including phenoxy) is 1. The number of esters is 1. The first-order chi connectivity index (χ1) is 11.3. The maximum absolute atomic E-state index is 12.4. The van der Waals surface area contributed by atoms with E-state index >= 15 is 0 Å². The van der Waals surface area contributed by atoms with Crippen molar-refractivity contribution in [1.29, 1.82) is 0 Å². The van der Waals surface area contributed by atoms with Crippen LogP contribution in [0.4, 0.5) is 11.4 Å². The van der Waals surface area contributed by atoms with E-state index in [1.165, 1.54) is 25.1 Å². The zero-order chi connectivity index (χ0) is 17.9. The third-order valence-electron chi connectivity index (χ3n) is 3.94. The molecule has 0 saturated carbocycles. The molecule has 0 aromatic heterocycles. The summed E-state index contributed by atoms with van der Waals surface area (Å²) in [6.07, 6.45) is 0.967. The van der Waals surface area contributed by atoms with Crippen LogP contribution in [0.15, 0.2) is 18.2 Å². The van der Waals surface area contributed by atoms with E-state index in [4.69, 9.17) is 4.74 Å². The van der Waals surface area contributed by atoms with Crippen molar-refractivity contribution in [2.24, 2.45) is 0 Å². The van der Waals surface area contributed by atoms with Crippen LogP contribution in [0.1, 0.15) is 30.1 Å². The number of hydrogen-bond donors (Lipinski definition) is 0. The number of amides is 1. The Morgan fingerprint density at radius 2 is 1.92 bits per heavy atom. The van der Waals surface area contributed by atoms with Gasteiger partial charge >= 0.3 is 5.97 Å². The summed E-state index contributed by atoms with van der Waals surface area (Å²) in [4.78, 5) is 38.4. The van der Waals surface area contributed by atoms with Crippen molar-refractivity contribution < 1.29 is 19.2 Å². The second-order valence-electron chi connectivity index (χ2n) is 5.93. The van der Waals surface area contributed by atoms with Gasteiger partial charge in [0.25, 0.3) is 11.6 Å². The van der Waals surface area contributed by atoms with Gasteiger partial charge < -0.3 is 14.5 Å². The van der Waals surface area contributed by atoms with Gasteiger partial charge in [-0.1, -0.05) is 0 Å². The lowest BCUT2D eigenvalue weighted by molar-refractivity contribution is -0.384. The first-order valence-corrected chi connectivity index (χ1v) is 7.76. The highest BCUT2D eigenvalue weighted by molar-refractivity contribution is 5.98. The maximum atomic E-state index is 12.4. The molecule has 0 bridgehead atoms. The highest BCUT2D eigenvalue weighted by Gasteiger charge is 2.28. The van der Waals surface area contributed by atoms with Gasteiger partial charge in [0.1, 0.15) is 0 Å². The Kier molecular flexibility index (Phi) is 5.38. The van der Waals surface area contributed by atoms with E-state index in [0.29, 0.717) is 18.8 Å². The van der Waals surface area contributed by atoms with Crippen molar-refractivity contribution in [3.05, 3.63) is 33.9 Å². The van der Waals surface area contributed by atoms with Gasteiger partial charge in [0.05, 0.1) is 16.2 Å². The van der Waals surface area contributed by atoms with Crippen LogP contribution in [-0.2, 0) is 9.53 Å². The molecule has 0 N–H and O–H groups in total. The first-order valence-electron chi connectivity index (χ1n) is 7.76. The number of likely N-dealkylation sites (tertiary alicyclic amines) is 1. The minimum absolute atomic E-state index is 0.0651. The van der Waals surface area contributed by atoms with Crippen LogP contribution in [0.25, 0.3) is 0 Å². The Morgan fingerprint density at radius 3 is 2.46 bits per heavy atom. The maximum Gasteiger partial charge on any atom is 0.341 e. The topological polar surface area (TPSA) is 93.0 Å². The van der Waals surface area contributed by atoms with Gasteiger partial charge in [0, 0.05) is 39.3 Å². The summed E-state index contributed by atoms with van der Waals surface area (Å²) in [5, 5.41) is 10.9. The van der Waals surface area contributed by atoms with E-state index in [1.807, 2.05) is 0 Å². The summed E-state index contributed by atoms with van der Waals surface area (Å²) >= 11 is 0. The predicted octanol–water partition coefficient (Wildman–Crippen LogP) is 1.83. The Bertz CT molecular complexity index is 653. The first kappa shape index (κ1) is 17.7. The molecule has 0 unspecified atom stereocenters. The molecular weight excluding hydrogens is 314 g/mol. The van der Waals surface area contributed by atoms with E-state index < -0.39 is 17.0 Å². The average molecular weight is 335 g/mol. The standard InChI is InChI=1S/C16H21N3O5/c1-11(15(20)18-8-4-5-9-18)24-16(21)13-10-12(19(22)23)6-7-14(13)17(2)3/h6-7,10-11H,4-5,8-9H2,1-3H3/t11-/m1/s1. The van der Waals surface area contributed by atoms with Crippen molar-refractivity contribution in [1.82, 2.24) is 4.90 Å². The van der Waals surface area contributed by atoms with Gasteiger partial charge in [-0.05, 0) is 25.8 Å². The summed E-state index contributed by atoms with van der Waals surface area (Å²) < 4.78 is 5.26. The molecule has 1 amide bonds. The molecule has 0 spiro atoms. The lowest BCUT2D eigenvalue weighted by Gasteiger charge is -2.21. The molecule has 1 saturated heterocycles. The van der Waals surface area contributed by atoms with Crippen LogP contribution >= 0.6 is 0 Å². The van der Waals surface area contributed by atoms with Crippen LogP contribution in [0.2, 0.25) is 0 Å². The lowest BCUT2D eigenvalue weighted by atomic mass is 10.1.